The Kier molecular flexibility index (Phi) is 6.49. The van der Waals surface area contributed by atoms with Crippen LogP contribution in [0, 0.1) is 13.8 Å². The molecule has 0 fully saturated rings. The third-order valence-corrected chi connectivity index (χ3v) is 3.99. The maximum Gasteiger partial charge on any atom is 0.326 e. The van der Waals surface area contributed by atoms with Crippen molar-refractivity contribution in [3.8, 4) is 0 Å². The minimum atomic E-state index is -1.13. The van der Waals surface area contributed by atoms with Crippen LogP contribution in [0.25, 0.3) is 0 Å². The summed E-state index contributed by atoms with van der Waals surface area (Å²) in [5.74, 6) is -1.98. The monoisotopic (exact) mass is 351 g/mol. The second-order valence-corrected chi connectivity index (χ2v) is 6.36. The van der Waals surface area contributed by atoms with E-state index in [1.165, 1.54) is 24.6 Å². The second kappa shape index (κ2) is 7.96. The van der Waals surface area contributed by atoms with Gasteiger partial charge in [-0.05, 0) is 40.2 Å². The molecule has 0 saturated heterocycles. The number of amides is 2. The fourth-order valence-electron chi connectivity index (χ4n) is 2.47. The molecule has 0 radical (unpaired) electrons. The lowest BCUT2D eigenvalue weighted by Crippen LogP contribution is -2.42. The van der Waals surface area contributed by atoms with Crippen LogP contribution in [-0.2, 0) is 16.1 Å². The van der Waals surface area contributed by atoms with Crippen LogP contribution < -0.4 is 10.9 Å². The van der Waals surface area contributed by atoms with Crippen molar-refractivity contribution in [1.82, 2.24) is 14.8 Å². The number of carboxylic acid groups (broad SMARTS) is 1. The van der Waals surface area contributed by atoms with Crippen molar-refractivity contribution in [3.05, 3.63) is 33.2 Å². The summed E-state index contributed by atoms with van der Waals surface area (Å²) in [6.07, 6.45) is 0. The Morgan fingerprint density at radius 1 is 1.24 bits per heavy atom. The highest BCUT2D eigenvalue weighted by Crippen LogP contribution is 2.15. The molecule has 1 heterocycles. The molecular weight excluding hydrogens is 326 g/mol. The zero-order valence-electron chi connectivity index (χ0n) is 15.4. The van der Waals surface area contributed by atoms with Gasteiger partial charge in [-0.3, -0.25) is 14.4 Å². The van der Waals surface area contributed by atoms with E-state index >= 15 is 0 Å². The van der Waals surface area contributed by atoms with E-state index in [1.54, 1.807) is 27.7 Å². The van der Waals surface area contributed by atoms with E-state index < -0.39 is 17.9 Å². The summed E-state index contributed by atoms with van der Waals surface area (Å²) >= 11 is 0. The van der Waals surface area contributed by atoms with Crippen LogP contribution in [0.15, 0.2) is 10.9 Å². The fourth-order valence-corrected chi connectivity index (χ4v) is 2.47. The van der Waals surface area contributed by atoms with Gasteiger partial charge in [0.15, 0.2) is 0 Å². The number of rotatable bonds is 6. The van der Waals surface area contributed by atoms with Gasteiger partial charge in [0.2, 0.25) is 5.91 Å². The first-order chi connectivity index (χ1) is 11.5. The highest BCUT2D eigenvalue weighted by atomic mass is 16.4. The Morgan fingerprint density at radius 3 is 2.28 bits per heavy atom. The van der Waals surface area contributed by atoms with Crippen LogP contribution >= 0.6 is 0 Å². The number of carboxylic acids is 1. The van der Waals surface area contributed by atoms with E-state index in [1.807, 2.05) is 0 Å². The van der Waals surface area contributed by atoms with Crippen LogP contribution in [0.3, 0.4) is 0 Å². The van der Waals surface area contributed by atoms with E-state index in [4.69, 9.17) is 5.11 Å². The molecule has 0 aliphatic carbocycles. The van der Waals surface area contributed by atoms with Crippen molar-refractivity contribution >= 4 is 17.8 Å². The molecule has 0 aromatic carbocycles. The first kappa shape index (κ1) is 20.4. The molecule has 0 saturated carbocycles. The van der Waals surface area contributed by atoms with Gasteiger partial charge in [0, 0.05) is 24.8 Å². The number of nitrogens with one attached hydrogen (secondary N) is 1. The Bertz CT molecular complexity index is 751. The topological polar surface area (TPSA) is 109 Å². The first-order valence-corrected chi connectivity index (χ1v) is 7.97. The number of carbonyl (C=O) groups excluding carboxylic acids is 2. The molecule has 1 aromatic rings. The van der Waals surface area contributed by atoms with Crippen molar-refractivity contribution < 1.29 is 19.5 Å². The molecule has 1 atom stereocenters. The molecule has 0 spiro atoms. The summed E-state index contributed by atoms with van der Waals surface area (Å²) in [6, 6.07) is 0.191. The average molecular weight is 351 g/mol. The van der Waals surface area contributed by atoms with Crippen LogP contribution in [0.2, 0.25) is 0 Å². The molecule has 8 nitrogen and oxygen atoms in total. The summed E-state index contributed by atoms with van der Waals surface area (Å²) in [4.78, 5) is 49.1. The number of aryl methyl sites for hydroxylation is 1. The van der Waals surface area contributed by atoms with Gasteiger partial charge >= 0.3 is 5.97 Å². The summed E-state index contributed by atoms with van der Waals surface area (Å²) < 4.78 is 1.22. The number of aromatic nitrogens is 1. The van der Waals surface area contributed by atoms with Gasteiger partial charge in [-0.2, -0.15) is 0 Å². The quantitative estimate of drug-likeness (QED) is 0.777. The fraction of sp³-hybridized carbons (Fsp3) is 0.529. The van der Waals surface area contributed by atoms with Gasteiger partial charge in [0.25, 0.3) is 11.5 Å². The number of nitrogens with zero attached hydrogens (tertiary/aromatic N) is 2. The molecule has 2 N–H and O–H groups in total. The number of hydrogen-bond donors (Lipinski definition) is 2. The van der Waals surface area contributed by atoms with Crippen LogP contribution in [0.5, 0.6) is 0 Å². The van der Waals surface area contributed by atoms with Crippen LogP contribution in [0.4, 0.5) is 0 Å². The number of hydrogen-bond acceptors (Lipinski definition) is 4. The van der Waals surface area contributed by atoms with Crippen LogP contribution in [0.1, 0.15) is 42.4 Å². The summed E-state index contributed by atoms with van der Waals surface area (Å²) in [5, 5.41) is 11.8. The SMILES string of the molecule is Cc1cc(=O)n(CC(=O)NC(C)C)c(C)c1C(=O)N(C)C(C)C(=O)O. The third kappa shape index (κ3) is 4.68. The molecule has 0 aliphatic rings. The Morgan fingerprint density at radius 2 is 1.80 bits per heavy atom. The number of aliphatic carboxylic acids is 1. The number of likely N-dealkylation sites (N-methyl/N-ethyl adjacent to an activating group) is 1. The van der Waals surface area contributed by atoms with Gasteiger partial charge in [-0.15, -0.1) is 0 Å². The Hall–Kier alpha value is -2.64. The highest BCUT2D eigenvalue weighted by Gasteiger charge is 2.26. The van der Waals surface area contributed by atoms with Gasteiger partial charge in [0.1, 0.15) is 12.6 Å². The van der Waals surface area contributed by atoms with Crippen molar-refractivity contribution in [1.29, 1.82) is 0 Å². The summed E-state index contributed by atoms with van der Waals surface area (Å²) in [6.45, 7) is 7.99. The summed E-state index contributed by atoms with van der Waals surface area (Å²) in [5.41, 5.74) is 0.614. The van der Waals surface area contributed by atoms with Gasteiger partial charge < -0.3 is 19.9 Å². The third-order valence-electron chi connectivity index (χ3n) is 3.99. The maximum atomic E-state index is 12.7. The number of pyridine rings is 1. The first-order valence-electron chi connectivity index (χ1n) is 7.97. The normalized spacial score (nSPS) is 12.0. The van der Waals surface area contributed by atoms with Crippen LogP contribution in [-0.4, -0.2) is 51.5 Å². The van der Waals surface area contributed by atoms with E-state index in [0.29, 0.717) is 11.3 Å². The Balaban J connectivity index is 3.32. The lowest BCUT2D eigenvalue weighted by atomic mass is 10.1. The molecule has 138 valence electrons. The standard InChI is InChI=1S/C17H25N3O5/c1-9(2)18-13(21)8-20-11(4)15(10(3)7-14(20)22)16(23)19(6)12(5)17(24)25/h7,9,12H,8H2,1-6H3,(H,18,21)(H,24,25). The van der Waals surface area contributed by atoms with E-state index in [9.17, 15) is 19.2 Å². The lowest BCUT2D eigenvalue weighted by Gasteiger charge is -2.24. The molecule has 1 rings (SSSR count). The van der Waals surface area contributed by atoms with Crippen molar-refractivity contribution in [2.75, 3.05) is 7.05 Å². The predicted molar refractivity (Wildman–Crippen MR) is 92.6 cm³/mol. The average Bonchev–Trinajstić information content (AvgIpc) is 2.48. The number of carbonyl (C=O) groups is 3. The summed E-state index contributed by atoms with van der Waals surface area (Å²) in [7, 11) is 1.39. The Labute approximate surface area is 146 Å². The second-order valence-electron chi connectivity index (χ2n) is 6.36. The smallest absolute Gasteiger partial charge is 0.326 e. The molecule has 1 aromatic heterocycles. The molecule has 25 heavy (non-hydrogen) atoms. The van der Waals surface area contributed by atoms with Gasteiger partial charge in [-0.1, -0.05) is 0 Å². The van der Waals surface area contributed by atoms with Gasteiger partial charge in [0.05, 0.1) is 5.56 Å². The van der Waals surface area contributed by atoms with Gasteiger partial charge in [-0.25, -0.2) is 4.79 Å². The molecule has 0 aliphatic heterocycles. The molecule has 0 bridgehead atoms. The van der Waals surface area contributed by atoms with E-state index in [2.05, 4.69) is 5.32 Å². The highest BCUT2D eigenvalue weighted by molar-refractivity contribution is 5.98. The van der Waals surface area contributed by atoms with Crippen molar-refractivity contribution in [2.45, 2.75) is 53.2 Å². The lowest BCUT2D eigenvalue weighted by molar-refractivity contribution is -0.141. The maximum absolute atomic E-state index is 12.7. The van der Waals surface area contributed by atoms with E-state index in [0.717, 1.165) is 4.90 Å². The molecule has 1 unspecified atom stereocenters. The molecule has 2 amide bonds. The molecular formula is C17H25N3O5. The minimum absolute atomic E-state index is 0.0717. The minimum Gasteiger partial charge on any atom is -0.480 e. The van der Waals surface area contributed by atoms with Crippen molar-refractivity contribution in [3.63, 3.8) is 0 Å². The van der Waals surface area contributed by atoms with E-state index in [-0.39, 0.29) is 29.6 Å². The largest absolute Gasteiger partial charge is 0.480 e. The zero-order valence-corrected chi connectivity index (χ0v) is 15.4. The van der Waals surface area contributed by atoms with Crippen molar-refractivity contribution in [2.24, 2.45) is 0 Å². The zero-order chi connectivity index (χ0) is 19.5. The molecule has 8 heteroatoms. The predicted octanol–water partition coefficient (Wildman–Crippen LogP) is 0.535.